The molecule has 8 heteroatoms. The first kappa shape index (κ1) is 22.7. The lowest BCUT2D eigenvalue weighted by atomic mass is 9.86. The summed E-state index contributed by atoms with van der Waals surface area (Å²) in [4.78, 5) is 29.2. The molecule has 4 N–H and O–H groups in total. The molecule has 0 spiro atoms. The van der Waals surface area contributed by atoms with E-state index < -0.39 is 11.4 Å². The summed E-state index contributed by atoms with van der Waals surface area (Å²) in [5, 5.41) is 16.2. The number of nitrogens with one attached hydrogen (secondary N) is 3. The highest BCUT2D eigenvalue weighted by Gasteiger charge is 2.36. The van der Waals surface area contributed by atoms with Crippen LogP contribution >= 0.6 is 0 Å². The Morgan fingerprint density at radius 2 is 1.97 bits per heavy atom. The Hall–Kier alpha value is -3.49. The number of amides is 2. The molecule has 33 heavy (non-hydrogen) atoms. The van der Waals surface area contributed by atoms with Crippen LogP contribution in [0.3, 0.4) is 0 Å². The standard InChI is InChI=1S/C25H28N4O4/c1-17-13-19(21-5-2-3-6-22(21)27-17)15-33-20-9-7-18(8-10-20)24(31)28-25(14-23(30)29-32)11-4-12-26-16-25/h2-3,5-10,13,26,32H,4,11-12,14-16H2,1H3,(H,28,31)(H,29,30). The van der Waals surface area contributed by atoms with Gasteiger partial charge in [-0.05, 0) is 62.7 Å². The molecule has 1 aromatic heterocycles. The molecule has 4 rings (SSSR count). The Labute approximate surface area is 192 Å². The van der Waals surface area contributed by atoms with Gasteiger partial charge in [-0.15, -0.1) is 0 Å². The molecule has 1 unspecified atom stereocenters. The number of piperidine rings is 1. The highest BCUT2D eigenvalue weighted by atomic mass is 16.5. The largest absolute Gasteiger partial charge is 0.489 e. The van der Waals surface area contributed by atoms with Crippen LogP contribution in [0.1, 0.15) is 40.9 Å². The molecule has 0 aliphatic carbocycles. The van der Waals surface area contributed by atoms with Gasteiger partial charge in [0.25, 0.3) is 5.91 Å². The fourth-order valence-corrected chi connectivity index (χ4v) is 4.31. The first-order chi connectivity index (χ1) is 16.0. The maximum Gasteiger partial charge on any atom is 0.251 e. The van der Waals surface area contributed by atoms with Gasteiger partial charge < -0.3 is 15.4 Å². The number of aryl methyl sites for hydroxylation is 1. The minimum atomic E-state index is -0.739. The third-order valence-electron chi connectivity index (χ3n) is 5.92. The Morgan fingerprint density at radius 1 is 1.18 bits per heavy atom. The molecule has 2 aromatic carbocycles. The zero-order chi connectivity index (χ0) is 23.3. The van der Waals surface area contributed by atoms with E-state index in [1.54, 1.807) is 29.7 Å². The average molecular weight is 449 g/mol. The first-order valence-corrected chi connectivity index (χ1v) is 11.0. The summed E-state index contributed by atoms with van der Waals surface area (Å²) in [5.74, 6) is -0.146. The number of rotatable bonds is 7. The molecule has 0 bridgehead atoms. The number of hydroxylamine groups is 1. The lowest BCUT2D eigenvalue weighted by Crippen LogP contribution is -2.59. The number of aromatic nitrogens is 1. The van der Waals surface area contributed by atoms with Gasteiger partial charge >= 0.3 is 0 Å². The number of ether oxygens (including phenoxy) is 1. The van der Waals surface area contributed by atoms with Gasteiger partial charge in [-0.1, -0.05) is 18.2 Å². The quantitative estimate of drug-likeness (QED) is 0.327. The molecule has 0 saturated carbocycles. The van der Waals surface area contributed by atoms with Crippen molar-refractivity contribution in [1.82, 2.24) is 21.1 Å². The molecule has 172 valence electrons. The molecule has 8 nitrogen and oxygen atoms in total. The third-order valence-corrected chi connectivity index (χ3v) is 5.92. The number of hydrogen-bond acceptors (Lipinski definition) is 6. The molecule has 2 heterocycles. The van der Waals surface area contributed by atoms with Gasteiger partial charge in [-0.25, -0.2) is 5.48 Å². The zero-order valence-electron chi connectivity index (χ0n) is 18.6. The zero-order valence-corrected chi connectivity index (χ0v) is 18.6. The van der Waals surface area contributed by atoms with Gasteiger partial charge in [0, 0.05) is 28.8 Å². The third kappa shape index (κ3) is 5.47. The molecule has 1 aliphatic heterocycles. The van der Waals surface area contributed by atoms with Crippen molar-refractivity contribution in [2.75, 3.05) is 13.1 Å². The van der Waals surface area contributed by atoms with Crippen molar-refractivity contribution < 1.29 is 19.5 Å². The van der Waals surface area contributed by atoms with Gasteiger partial charge in [0.2, 0.25) is 5.91 Å². The number of carbonyl (C=O) groups is 2. The lowest BCUT2D eigenvalue weighted by molar-refractivity contribution is -0.130. The topological polar surface area (TPSA) is 113 Å². The van der Waals surface area contributed by atoms with E-state index in [-0.39, 0.29) is 12.3 Å². The second kappa shape index (κ2) is 9.97. The Morgan fingerprint density at radius 3 is 2.70 bits per heavy atom. The number of pyridine rings is 1. The predicted molar refractivity (Wildman–Crippen MR) is 124 cm³/mol. The summed E-state index contributed by atoms with van der Waals surface area (Å²) in [6.45, 7) is 3.64. The number of carbonyl (C=O) groups excluding carboxylic acids is 2. The maximum absolute atomic E-state index is 12.9. The molecule has 1 fully saturated rings. The Kier molecular flexibility index (Phi) is 6.86. The molecular weight excluding hydrogens is 420 g/mol. The maximum atomic E-state index is 12.9. The Bertz CT molecular complexity index is 1140. The normalized spacial score (nSPS) is 18.0. The molecule has 2 amide bonds. The van der Waals surface area contributed by atoms with Crippen molar-refractivity contribution >= 4 is 22.7 Å². The van der Waals surface area contributed by atoms with Crippen LogP contribution in [0.5, 0.6) is 5.75 Å². The van der Waals surface area contributed by atoms with E-state index in [0.29, 0.717) is 30.9 Å². The Balaban J connectivity index is 1.43. The fraction of sp³-hybridized carbons (Fsp3) is 0.320. The van der Waals surface area contributed by atoms with Crippen LogP contribution in [-0.2, 0) is 11.4 Å². The number of benzene rings is 2. The van der Waals surface area contributed by atoms with Crippen LogP contribution in [0.2, 0.25) is 0 Å². The first-order valence-electron chi connectivity index (χ1n) is 11.0. The van der Waals surface area contributed by atoms with E-state index in [0.717, 1.165) is 35.1 Å². The van der Waals surface area contributed by atoms with Gasteiger partial charge in [0.05, 0.1) is 17.5 Å². The predicted octanol–water partition coefficient (Wildman–Crippen LogP) is 2.87. The second-order valence-corrected chi connectivity index (χ2v) is 8.48. The molecule has 3 aromatic rings. The van der Waals surface area contributed by atoms with Gasteiger partial charge in [-0.2, -0.15) is 0 Å². The van der Waals surface area contributed by atoms with E-state index in [1.165, 1.54) is 0 Å². The summed E-state index contributed by atoms with van der Waals surface area (Å²) < 4.78 is 5.98. The lowest BCUT2D eigenvalue weighted by Gasteiger charge is -2.37. The smallest absolute Gasteiger partial charge is 0.251 e. The molecular formula is C25H28N4O4. The number of para-hydroxylation sites is 1. The summed E-state index contributed by atoms with van der Waals surface area (Å²) in [6.07, 6.45) is 1.48. The van der Waals surface area contributed by atoms with Crippen molar-refractivity contribution in [3.8, 4) is 5.75 Å². The molecule has 1 aliphatic rings. The minimum Gasteiger partial charge on any atom is -0.489 e. The summed E-state index contributed by atoms with van der Waals surface area (Å²) in [5.41, 5.74) is 4.31. The monoisotopic (exact) mass is 448 g/mol. The van der Waals surface area contributed by atoms with Gasteiger partial charge in [-0.3, -0.25) is 19.8 Å². The summed E-state index contributed by atoms with van der Waals surface area (Å²) >= 11 is 0. The highest BCUT2D eigenvalue weighted by molar-refractivity contribution is 5.95. The van der Waals surface area contributed by atoms with Crippen molar-refractivity contribution in [2.45, 2.75) is 38.3 Å². The van der Waals surface area contributed by atoms with Crippen molar-refractivity contribution in [3.63, 3.8) is 0 Å². The van der Waals surface area contributed by atoms with Gasteiger partial charge in [0.1, 0.15) is 12.4 Å². The average Bonchev–Trinajstić information content (AvgIpc) is 2.83. The van der Waals surface area contributed by atoms with Crippen LogP contribution in [0.15, 0.2) is 54.6 Å². The van der Waals surface area contributed by atoms with E-state index in [1.807, 2.05) is 37.3 Å². The molecule has 0 radical (unpaired) electrons. The van der Waals surface area contributed by atoms with Crippen LogP contribution in [-0.4, -0.2) is 40.6 Å². The summed E-state index contributed by atoms with van der Waals surface area (Å²) in [6, 6.07) is 16.9. The summed E-state index contributed by atoms with van der Waals surface area (Å²) in [7, 11) is 0. The number of fused-ring (bicyclic) bond motifs is 1. The van der Waals surface area contributed by atoms with Crippen LogP contribution in [0.4, 0.5) is 0 Å². The van der Waals surface area contributed by atoms with Crippen molar-refractivity contribution in [3.05, 3.63) is 71.4 Å². The van der Waals surface area contributed by atoms with Crippen LogP contribution < -0.4 is 20.9 Å². The minimum absolute atomic E-state index is 0.00272. The van der Waals surface area contributed by atoms with Crippen molar-refractivity contribution in [1.29, 1.82) is 0 Å². The van der Waals surface area contributed by atoms with Crippen molar-refractivity contribution in [2.24, 2.45) is 0 Å². The number of nitrogens with zero attached hydrogens (tertiary/aromatic N) is 1. The number of hydrogen-bond donors (Lipinski definition) is 4. The van der Waals surface area contributed by atoms with Crippen LogP contribution in [0, 0.1) is 6.92 Å². The van der Waals surface area contributed by atoms with Gasteiger partial charge in [0.15, 0.2) is 0 Å². The SMILES string of the molecule is Cc1cc(COc2ccc(C(=O)NC3(CC(=O)NO)CCCNC3)cc2)c2ccccc2n1. The van der Waals surface area contributed by atoms with Crippen LogP contribution in [0.25, 0.3) is 10.9 Å². The van der Waals surface area contributed by atoms with E-state index >= 15 is 0 Å². The molecule has 1 atom stereocenters. The van der Waals surface area contributed by atoms with E-state index in [9.17, 15) is 9.59 Å². The molecule has 1 saturated heterocycles. The highest BCUT2D eigenvalue weighted by Crippen LogP contribution is 2.23. The van der Waals surface area contributed by atoms with E-state index in [2.05, 4.69) is 15.6 Å². The van der Waals surface area contributed by atoms with E-state index in [4.69, 9.17) is 9.94 Å². The fourth-order valence-electron chi connectivity index (χ4n) is 4.31. The second-order valence-electron chi connectivity index (χ2n) is 8.48.